The number of rotatable bonds is 10. The third kappa shape index (κ3) is 5.98. The Morgan fingerprint density at radius 1 is 0.896 bits per heavy atom. The van der Waals surface area contributed by atoms with E-state index in [1.165, 1.54) is 31.3 Å². The standard InChI is InChI=1S/C41H68N2O5/c1-26(2)27-14-19-41(24-32(44)42-22-23-43(10)11)21-20-39(8)28(34(27)41)12-13-30-38(7)17-16-31(48-33(45)25-36(3,4)35(46)47)37(5,6)29(38)15-18-40(30,39)9/h27-31,34H,1,12-25H2,2-11H3,(H,42,44)(H,46,47)/t27-,28+,29-,30+,31-,34+,38-,39+,40+,41+/m0/s1. The van der Waals surface area contributed by atoms with Gasteiger partial charge in [0.25, 0.3) is 0 Å². The van der Waals surface area contributed by atoms with Crippen LogP contribution < -0.4 is 5.32 Å². The number of hydrogen-bond acceptors (Lipinski definition) is 5. The second-order valence-electron chi connectivity index (χ2n) is 19.6. The van der Waals surface area contributed by atoms with Crippen LogP contribution in [-0.4, -0.2) is 61.1 Å². The lowest BCUT2D eigenvalue weighted by molar-refractivity contribution is -0.250. The number of fused-ring (bicyclic) bond motifs is 7. The number of hydrogen-bond donors (Lipinski definition) is 2. The van der Waals surface area contributed by atoms with E-state index >= 15 is 0 Å². The van der Waals surface area contributed by atoms with Crippen LogP contribution in [-0.2, 0) is 19.1 Å². The maximum absolute atomic E-state index is 13.5. The number of likely N-dealkylation sites (N-methyl/N-ethyl adjacent to an activating group) is 1. The molecule has 5 aliphatic rings. The van der Waals surface area contributed by atoms with Gasteiger partial charge in [-0.1, -0.05) is 46.8 Å². The summed E-state index contributed by atoms with van der Waals surface area (Å²) in [4.78, 5) is 40.4. The maximum atomic E-state index is 13.5. The van der Waals surface area contributed by atoms with Crippen molar-refractivity contribution < 1.29 is 24.2 Å². The van der Waals surface area contributed by atoms with Crippen molar-refractivity contribution in [2.75, 3.05) is 27.2 Å². The predicted molar refractivity (Wildman–Crippen MR) is 191 cm³/mol. The number of esters is 1. The molecule has 0 unspecified atom stereocenters. The Bertz CT molecular complexity index is 1290. The molecule has 7 heteroatoms. The van der Waals surface area contributed by atoms with Gasteiger partial charge in [-0.2, -0.15) is 0 Å². The summed E-state index contributed by atoms with van der Waals surface area (Å²) in [6, 6.07) is 0. The van der Waals surface area contributed by atoms with Gasteiger partial charge in [0.2, 0.25) is 5.91 Å². The summed E-state index contributed by atoms with van der Waals surface area (Å²) in [5, 5.41) is 12.8. The molecule has 5 rings (SSSR count). The van der Waals surface area contributed by atoms with Crippen molar-refractivity contribution in [2.24, 2.45) is 62.1 Å². The van der Waals surface area contributed by atoms with Crippen LogP contribution >= 0.6 is 0 Å². The molecule has 48 heavy (non-hydrogen) atoms. The molecule has 0 radical (unpaired) electrons. The summed E-state index contributed by atoms with van der Waals surface area (Å²) in [5.41, 5.74) is 0.608. The molecule has 5 aliphatic carbocycles. The van der Waals surface area contributed by atoms with Crippen LogP contribution in [0.3, 0.4) is 0 Å². The Morgan fingerprint density at radius 3 is 2.21 bits per heavy atom. The largest absolute Gasteiger partial charge is 0.481 e. The Kier molecular flexibility index (Phi) is 9.89. The number of nitrogens with zero attached hydrogens (tertiary/aromatic N) is 1. The highest BCUT2D eigenvalue weighted by molar-refractivity contribution is 5.81. The van der Waals surface area contributed by atoms with E-state index in [0.29, 0.717) is 42.6 Å². The Morgan fingerprint density at radius 2 is 1.58 bits per heavy atom. The molecule has 272 valence electrons. The smallest absolute Gasteiger partial charge is 0.309 e. The number of ether oxygens (including phenoxy) is 1. The molecule has 0 heterocycles. The van der Waals surface area contributed by atoms with Gasteiger partial charge in [0, 0.05) is 24.9 Å². The molecule has 5 fully saturated rings. The molecule has 5 saturated carbocycles. The van der Waals surface area contributed by atoms with E-state index in [0.717, 1.165) is 45.1 Å². The van der Waals surface area contributed by atoms with Crippen molar-refractivity contribution in [3.05, 3.63) is 12.2 Å². The highest BCUT2D eigenvalue weighted by atomic mass is 16.5. The topological polar surface area (TPSA) is 95.9 Å². The lowest BCUT2D eigenvalue weighted by atomic mass is 9.32. The summed E-state index contributed by atoms with van der Waals surface area (Å²) in [7, 11) is 4.10. The molecular weight excluding hydrogens is 600 g/mol. The van der Waals surface area contributed by atoms with E-state index in [1.54, 1.807) is 13.8 Å². The van der Waals surface area contributed by atoms with E-state index in [1.807, 2.05) is 0 Å². The number of carboxylic acid groups (broad SMARTS) is 1. The first-order valence-electron chi connectivity index (χ1n) is 19.1. The number of carbonyl (C=O) groups excluding carboxylic acids is 2. The lowest BCUT2D eigenvalue weighted by Crippen LogP contribution is -2.67. The second-order valence-corrected chi connectivity index (χ2v) is 19.6. The normalized spacial score (nSPS) is 41.7. The Labute approximate surface area is 291 Å². The zero-order valence-corrected chi connectivity index (χ0v) is 32.1. The minimum absolute atomic E-state index is 0.0689. The zero-order chi connectivity index (χ0) is 35.7. The quantitative estimate of drug-likeness (QED) is 0.180. The van der Waals surface area contributed by atoms with E-state index in [-0.39, 0.29) is 45.5 Å². The third-order valence-electron chi connectivity index (χ3n) is 16.0. The zero-order valence-electron chi connectivity index (χ0n) is 32.1. The molecule has 10 atom stereocenters. The van der Waals surface area contributed by atoms with Crippen LogP contribution in [0.4, 0.5) is 0 Å². The van der Waals surface area contributed by atoms with Gasteiger partial charge >= 0.3 is 11.9 Å². The fraction of sp³-hybridized carbons (Fsp3) is 0.878. The number of carbonyl (C=O) groups is 3. The van der Waals surface area contributed by atoms with Gasteiger partial charge < -0.3 is 20.1 Å². The van der Waals surface area contributed by atoms with E-state index < -0.39 is 17.4 Å². The van der Waals surface area contributed by atoms with Crippen molar-refractivity contribution in [3.63, 3.8) is 0 Å². The predicted octanol–water partition coefficient (Wildman–Crippen LogP) is 8.12. The van der Waals surface area contributed by atoms with Gasteiger partial charge in [-0.3, -0.25) is 14.4 Å². The summed E-state index contributed by atoms with van der Waals surface area (Å²) < 4.78 is 6.17. The molecule has 0 aromatic heterocycles. The molecular formula is C41H68N2O5. The van der Waals surface area contributed by atoms with Crippen molar-refractivity contribution in [1.29, 1.82) is 0 Å². The molecule has 0 aromatic rings. The Hall–Kier alpha value is -1.89. The van der Waals surface area contributed by atoms with Crippen molar-refractivity contribution in [1.82, 2.24) is 10.2 Å². The number of aliphatic carboxylic acids is 1. The fourth-order valence-corrected chi connectivity index (χ4v) is 13.2. The van der Waals surface area contributed by atoms with Gasteiger partial charge in [0.1, 0.15) is 6.10 Å². The number of carboxylic acids is 1. The summed E-state index contributed by atoms with van der Waals surface area (Å²) in [6.45, 7) is 24.0. The summed E-state index contributed by atoms with van der Waals surface area (Å²) in [5.74, 6) is 1.49. The van der Waals surface area contributed by atoms with Gasteiger partial charge in [-0.15, -0.1) is 0 Å². The molecule has 1 amide bonds. The minimum atomic E-state index is -1.14. The van der Waals surface area contributed by atoms with Crippen LogP contribution in [0, 0.1) is 62.1 Å². The van der Waals surface area contributed by atoms with Crippen LogP contribution in [0.25, 0.3) is 0 Å². The fourth-order valence-electron chi connectivity index (χ4n) is 13.2. The molecule has 0 saturated heterocycles. The van der Waals surface area contributed by atoms with Crippen LogP contribution in [0.2, 0.25) is 0 Å². The van der Waals surface area contributed by atoms with Crippen molar-refractivity contribution >= 4 is 17.8 Å². The third-order valence-corrected chi connectivity index (χ3v) is 16.0. The first-order chi connectivity index (χ1) is 22.1. The Balaban J connectivity index is 1.38. The molecule has 0 spiro atoms. The van der Waals surface area contributed by atoms with E-state index in [4.69, 9.17) is 4.74 Å². The lowest BCUT2D eigenvalue weighted by Gasteiger charge is -2.73. The number of amides is 1. The van der Waals surface area contributed by atoms with Gasteiger partial charge in [-0.25, -0.2) is 0 Å². The highest BCUT2D eigenvalue weighted by Crippen LogP contribution is 2.78. The van der Waals surface area contributed by atoms with Gasteiger partial charge in [0.05, 0.1) is 11.8 Å². The molecule has 2 N–H and O–H groups in total. The minimum Gasteiger partial charge on any atom is -0.481 e. The van der Waals surface area contributed by atoms with E-state index in [9.17, 15) is 19.5 Å². The average molecular weight is 669 g/mol. The first-order valence-corrected chi connectivity index (χ1v) is 19.1. The number of nitrogens with one attached hydrogen (secondary N) is 1. The van der Waals surface area contributed by atoms with Crippen LogP contribution in [0.1, 0.15) is 132 Å². The monoisotopic (exact) mass is 669 g/mol. The molecule has 7 nitrogen and oxygen atoms in total. The van der Waals surface area contributed by atoms with Crippen molar-refractivity contribution in [3.8, 4) is 0 Å². The maximum Gasteiger partial charge on any atom is 0.309 e. The molecule has 0 aliphatic heterocycles. The van der Waals surface area contributed by atoms with Crippen LogP contribution in [0.15, 0.2) is 12.2 Å². The summed E-state index contributed by atoms with van der Waals surface area (Å²) in [6.07, 6.45) is 11.6. The second kappa shape index (κ2) is 12.7. The SMILES string of the molecule is C=C(C)[C@@H]1CC[C@]2(CC(=O)NCCN(C)C)CC[C@]3(C)[C@H](CC[C@@H]4[C@@]5(C)CC[C@H](OC(=O)CC(C)(C)C(=O)O)C(C)(C)[C@@H]5CC[C@]43C)[C@@H]12. The first kappa shape index (κ1) is 37.4. The van der Waals surface area contributed by atoms with Gasteiger partial charge in [0.15, 0.2) is 0 Å². The average Bonchev–Trinajstić information content (AvgIpc) is 3.34. The van der Waals surface area contributed by atoms with Crippen molar-refractivity contribution in [2.45, 2.75) is 139 Å². The van der Waals surface area contributed by atoms with Crippen LogP contribution in [0.5, 0.6) is 0 Å². The molecule has 0 aromatic carbocycles. The summed E-state index contributed by atoms with van der Waals surface area (Å²) >= 11 is 0. The van der Waals surface area contributed by atoms with E-state index in [2.05, 4.69) is 72.4 Å². The highest BCUT2D eigenvalue weighted by Gasteiger charge is 2.71. The van der Waals surface area contributed by atoms with Gasteiger partial charge in [-0.05, 0) is 150 Å². The molecule has 0 bridgehead atoms. The number of allylic oxidation sites excluding steroid dienone is 1.